The molecule has 2 heterocycles. The van der Waals surface area contributed by atoms with Crippen LogP contribution in [0.2, 0.25) is 0 Å². The van der Waals surface area contributed by atoms with Gasteiger partial charge in [-0.3, -0.25) is 4.90 Å². The smallest absolute Gasteiger partial charge is 0.0564 e. The Labute approximate surface area is 101 Å². The van der Waals surface area contributed by atoms with Crippen LogP contribution in [-0.4, -0.2) is 36.2 Å². The first-order valence-electron chi connectivity index (χ1n) is 5.93. The largest absolute Gasteiger partial charge is 0.396 e. The number of hydrogen-bond donors (Lipinski definition) is 2. The molecule has 1 aliphatic heterocycles. The average Bonchev–Trinajstić information content (AvgIpc) is 2.85. The minimum Gasteiger partial charge on any atom is -0.396 e. The topological polar surface area (TPSA) is 49.5 Å². The van der Waals surface area contributed by atoms with E-state index in [-0.39, 0.29) is 0 Å². The van der Waals surface area contributed by atoms with Crippen LogP contribution < -0.4 is 5.73 Å². The summed E-state index contributed by atoms with van der Waals surface area (Å²) < 4.78 is 0. The van der Waals surface area contributed by atoms with Crippen LogP contribution in [0.4, 0.5) is 0 Å². The summed E-state index contributed by atoms with van der Waals surface area (Å²) in [6.45, 7) is 3.14. The molecule has 16 heavy (non-hydrogen) atoms. The molecule has 1 aromatic rings. The summed E-state index contributed by atoms with van der Waals surface area (Å²) in [6, 6.07) is 4.63. The van der Waals surface area contributed by atoms with E-state index in [1.165, 1.54) is 4.88 Å². The second-order valence-electron chi connectivity index (χ2n) is 4.43. The molecule has 0 radical (unpaired) electrons. The van der Waals surface area contributed by atoms with Gasteiger partial charge in [-0.25, -0.2) is 0 Å². The van der Waals surface area contributed by atoms with E-state index in [1.54, 1.807) is 11.3 Å². The van der Waals surface area contributed by atoms with Crippen LogP contribution in [-0.2, 0) is 0 Å². The van der Waals surface area contributed by atoms with Gasteiger partial charge in [0, 0.05) is 18.0 Å². The number of piperidine rings is 1. The molecule has 0 bridgehead atoms. The van der Waals surface area contributed by atoms with E-state index < -0.39 is 0 Å². The van der Waals surface area contributed by atoms with Crippen molar-refractivity contribution in [2.24, 2.45) is 11.7 Å². The van der Waals surface area contributed by atoms with Crippen LogP contribution in [0.3, 0.4) is 0 Å². The molecule has 4 heteroatoms. The highest BCUT2D eigenvalue weighted by Crippen LogP contribution is 2.28. The maximum Gasteiger partial charge on any atom is 0.0564 e. The number of aliphatic hydroxyl groups excluding tert-OH is 1. The van der Waals surface area contributed by atoms with E-state index in [1.807, 2.05) is 0 Å². The van der Waals surface area contributed by atoms with E-state index in [0.29, 0.717) is 25.1 Å². The Bertz CT molecular complexity index is 294. The number of thiophene rings is 1. The summed E-state index contributed by atoms with van der Waals surface area (Å²) in [5.74, 6) is 0.498. The maximum absolute atomic E-state index is 9.12. The Morgan fingerprint density at radius 3 is 2.75 bits per heavy atom. The number of likely N-dealkylation sites (tertiary alicyclic amines) is 1. The third-order valence-corrected chi connectivity index (χ3v) is 4.42. The molecule has 0 spiro atoms. The second-order valence-corrected chi connectivity index (χ2v) is 5.41. The van der Waals surface area contributed by atoms with E-state index in [9.17, 15) is 0 Å². The van der Waals surface area contributed by atoms with Crippen molar-refractivity contribution in [3.05, 3.63) is 22.4 Å². The van der Waals surface area contributed by atoms with Crippen LogP contribution in [0.25, 0.3) is 0 Å². The van der Waals surface area contributed by atoms with Crippen LogP contribution in [0.15, 0.2) is 17.5 Å². The zero-order valence-corrected chi connectivity index (χ0v) is 10.3. The van der Waals surface area contributed by atoms with Crippen molar-refractivity contribution in [3.8, 4) is 0 Å². The first-order valence-corrected chi connectivity index (χ1v) is 6.81. The highest BCUT2D eigenvalue weighted by molar-refractivity contribution is 7.10. The predicted molar refractivity (Wildman–Crippen MR) is 67.5 cm³/mol. The normalized spacial score (nSPS) is 21.1. The lowest BCUT2D eigenvalue weighted by Crippen LogP contribution is -2.40. The van der Waals surface area contributed by atoms with E-state index in [4.69, 9.17) is 10.8 Å². The molecule has 90 valence electrons. The lowest BCUT2D eigenvalue weighted by atomic mass is 9.96. The minimum atomic E-state index is 0.333. The molecule has 1 unspecified atom stereocenters. The molecule has 1 fully saturated rings. The molecule has 3 nitrogen and oxygen atoms in total. The van der Waals surface area contributed by atoms with Crippen LogP contribution in [0.5, 0.6) is 0 Å². The molecule has 0 amide bonds. The van der Waals surface area contributed by atoms with Gasteiger partial charge >= 0.3 is 0 Å². The SMILES string of the molecule is NCC(c1cccs1)N1CCC(CO)CC1. The van der Waals surface area contributed by atoms with Crippen molar-refractivity contribution in [2.75, 3.05) is 26.2 Å². The Kier molecular flexibility index (Phi) is 4.35. The molecule has 1 aliphatic rings. The van der Waals surface area contributed by atoms with Gasteiger partial charge in [-0.2, -0.15) is 0 Å². The van der Waals surface area contributed by atoms with Gasteiger partial charge in [0.2, 0.25) is 0 Å². The first-order chi connectivity index (χ1) is 7.85. The summed E-state index contributed by atoms with van der Waals surface area (Å²) in [5, 5.41) is 11.2. The van der Waals surface area contributed by atoms with Gasteiger partial charge in [-0.1, -0.05) is 6.07 Å². The van der Waals surface area contributed by atoms with Crippen molar-refractivity contribution in [1.82, 2.24) is 4.90 Å². The number of nitrogens with two attached hydrogens (primary N) is 1. The van der Waals surface area contributed by atoms with Crippen molar-refractivity contribution in [2.45, 2.75) is 18.9 Å². The molecule has 2 rings (SSSR count). The molecule has 1 atom stereocenters. The second kappa shape index (κ2) is 5.77. The van der Waals surface area contributed by atoms with Gasteiger partial charge in [-0.05, 0) is 43.3 Å². The van der Waals surface area contributed by atoms with Gasteiger partial charge in [-0.15, -0.1) is 11.3 Å². The van der Waals surface area contributed by atoms with E-state index in [2.05, 4.69) is 22.4 Å². The van der Waals surface area contributed by atoms with Crippen LogP contribution >= 0.6 is 11.3 Å². The van der Waals surface area contributed by atoms with Crippen LogP contribution in [0.1, 0.15) is 23.8 Å². The molecular weight excluding hydrogens is 220 g/mol. The number of aliphatic hydroxyl groups is 1. The van der Waals surface area contributed by atoms with Crippen molar-refractivity contribution >= 4 is 11.3 Å². The van der Waals surface area contributed by atoms with E-state index >= 15 is 0 Å². The molecule has 0 aromatic carbocycles. The zero-order valence-electron chi connectivity index (χ0n) is 9.51. The van der Waals surface area contributed by atoms with Gasteiger partial charge in [0.25, 0.3) is 0 Å². The molecule has 0 aliphatic carbocycles. The van der Waals surface area contributed by atoms with Crippen molar-refractivity contribution in [3.63, 3.8) is 0 Å². The van der Waals surface area contributed by atoms with Gasteiger partial charge < -0.3 is 10.8 Å². The maximum atomic E-state index is 9.12. The highest BCUT2D eigenvalue weighted by Gasteiger charge is 2.25. The quantitative estimate of drug-likeness (QED) is 0.837. The summed E-state index contributed by atoms with van der Waals surface area (Å²) >= 11 is 1.78. The van der Waals surface area contributed by atoms with Gasteiger partial charge in [0.1, 0.15) is 0 Å². The summed E-state index contributed by atoms with van der Waals surface area (Å²) in [4.78, 5) is 3.82. The standard InChI is InChI=1S/C12H20N2OS/c13-8-11(12-2-1-7-16-12)14-5-3-10(9-15)4-6-14/h1-2,7,10-11,15H,3-6,8-9,13H2. The Morgan fingerprint density at radius 1 is 1.50 bits per heavy atom. The molecule has 0 saturated carbocycles. The molecule has 1 aromatic heterocycles. The van der Waals surface area contributed by atoms with E-state index in [0.717, 1.165) is 25.9 Å². The molecular formula is C12H20N2OS. The summed E-state index contributed by atoms with van der Waals surface area (Å²) in [7, 11) is 0. The minimum absolute atomic E-state index is 0.333. The van der Waals surface area contributed by atoms with Gasteiger partial charge in [0.05, 0.1) is 6.04 Å². The predicted octanol–water partition coefficient (Wildman–Crippen LogP) is 1.45. The number of nitrogens with zero attached hydrogens (tertiary/aromatic N) is 1. The number of hydrogen-bond acceptors (Lipinski definition) is 4. The third kappa shape index (κ3) is 2.63. The van der Waals surface area contributed by atoms with Gasteiger partial charge in [0.15, 0.2) is 0 Å². The molecule has 3 N–H and O–H groups in total. The summed E-state index contributed by atoms with van der Waals surface area (Å²) in [5.41, 5.74) is 5.88. The zero-order chi connectivity index (χ0) is 11.4. The Hall–Kier alpha value is -0.420. The monoisotopic (exact) mass is 240 g/mol. The Morgan fingerprint density at radius 2 is 2.25 bits per heavy atom. The Balaban J connectivity index is 1.96. The fourth-order valence-electron chi connectivity index (χ4n) is 2.37. The van der Waals surface area contributed by atoms with Crippen molar-refractivity contribution < 1.29 is 5.11 Å². The highest BCUT2D eigenvalue weighted by atomic mass is 32.1. The first kappa shape index (κ1) is 12.0. The lowest BCUT2D eigenvalue weighted by Gasteiger charge is -2.36. The average molecular weight is 240 g/mol. The third-order valence-electron chi connectivity index (χ3n) is 3.44. The number of rotatable bonds is 4. The van der Waals surface area contributed by atoms with Crippen LogP contribution in [0, 0.1) is 5.92 Å². The summed E-state index contributed by atoms with van der Waals surface area (Å²) in [6.07, 6.45) is 2.19. The lowest BCUT2D eigenvalue weighted by molar-refractivity contribution is 0.104. The fraction of sp³-hybridized carbons (Fsp3) is 0.667. The molecule has 1 saturated heterocycles. The van der Waals surface area contributed by atoms with Crippen molar-refractivity contribution in [1.29, 1.82) is 0 Å². The fourth-order valence-corrected chi connectivity index (χ4v) is 3.25.